The predicted octanol–water partition coefficient (Wildman–Crippen LogP) is 0.284. The highest BCUT2D eigenvalue weighted by atomic mass is 32.2. The van der Waals surface area contributed by atoms with Gasteiger partial charge in [0, 0.05) is 26.3 Å². The minimum absolute atomic E-state index is 0.125. The van der Waals surface area contributed by atoms with Crippen LogP contribution in [0.25, 0.3) is 0 Å². The van der Waals surface area contributed by atoms with E-state index in [0.717, 1.165) is 0 Å². The fourth-order valence-corrected chi connectivity index (χ4v) is 4.22. The first-order valence-electron chi connectivity index (χ1n) is 6.72. The maximum Gasteiger partial charge on any atom is 0.246 e. The number of aliphatic hydroxyl groups is 1. The average Bonchev–Trinajstić information content (AvgIpc) is 2.45. The summed E-state index contributed by atoms with van der Waals surface area (Å²) in [7, 11) is -2.08. The van der Waals surface area contributed by atoms with E-state index in [0.29, 0.717) is 5.82 Å². The minimum Gasteiger partial charge on any atom is -0.394 e. The van der Waals surface area contributed by atoms with E-state index in [9.17, 15) is 13.5 Å². The summed E-state index contributed by atoms with van der Waals surface area (Å²) in [6, 6.07) is 3.10. The zero-order valence-electron chi connectivity index (χ0n) is 12.4. The maximum atomic E-state index is 12.8. The summed E-state index contributed by atoms with van der Waals surface area (Å²) in [5.74, 6) is 0.308. The quantitative estimate of drug-likeness (QED) is 0.829. The second kappa shape index (κ2) is 5.88. The van der Waals surface area contributed by atoms with Crippen molar-refractivity contribution >= 4 is 15.8 Å². The van der Waals surface area contributed by atoms with Crippen LogP contribution in [0.3, 0.4) is 0 Å². The number of nitrogens with zero attached hydrogens (tertiary/aromatic N) is 2. The van der Waals surface area contributed by atoms with Crippen molar-refractivity contribution in [1.29, 1.82) is 0 Å². The number of nitrogens with one attached hydrogen (secondary N) is 1. The molecule has 0 saturated carbocycles. The second-order valence-electron chi connectivity index (χ2n) is 5.58. The van der Waals surface area contributed by atoms with Crippen LogP contribution in [0, 0.1) is 0 Å². The molecule has 0 aliphatic carbocycles. The van der Waals surface area contributed by atoms with Crippen LogP contribution in [-0.4, -0.2) is 61.3 Å². The molecule has 1 aromatic rings. The van der Waals surface area contributed by atoms with Crippen LogP contribution in [0.1, 0.15) is 13.8 Å². The van der Waals surface area contributed by atoms with Crippen LogP contribution in [0.4, 0.5) is 5.82 Å². The molecular formula is C13H21N3O4S. The van der Waals surface area contributed by atoms with E-state index in [1.165, 1.54) is 16.6 Å². The van der Waals surface area contributed by atoms with Gasteiger partial charge in [0.1, 0.15) is 10.7 Å². The van der Waals surface area contributed by atoms with Gasteiger partial charge in [-0.15, -0.1) is 0 Å². The molecule has 0 bridgehead atoms. The third kappa shape index (κ3) is 3.34. The number of ether oxygens (including phenoxy) is 1. The molecule has 1 aromatic heterocycles. The third-order valence-corrected chi connectivity index (χ3v) is 5.12. The molecule has 1 fully saturated rings. The Morgan fingerprint density at radius 2 is 2.29 bits per heavy atom. The monoisotopic (exact) mass is 315 g/mol. The van der Waals surface area contributed by atoms with Crippen molar-refractivity contribution in [3.63, 3.8) is 0 Å². The van der Waals surface area contributed by atoms with Crippen LogP contribution in [0.2, 0.25) is 0 Å². The van der Waals surface area contributed by atoms with Crippen molar-refractivity contribution in [3.05, 3.63) is 18.3 Å². The molecule has 0 amide bonds. The van der Waals surface area contributed by atoms with Crippen molar-refractivity contribution in [2.24, 2.45) is 0 Å². The summed E-state index contributed by atoms with van der Waals surface area (Å²) in [6.45, 7) is 3.74. The lowest BCUT2D eigenvalue weighted by molar-refractivity contribution is -0.131. The van der Waals surface area contributed by atoms with Crippen LogP contribution in [-0.2, 0) is 14.8 Å². The Kier molecular flexibility index (Phi) is 4.52. The van der Waals surface area contributed by atoms with Gasteiger partial charge in [0.05, 0.1) is 18.3 Å². The predicted molar refractivity (Wildman–Crippen MR) is 78.6 cm³/mol. The van der Waals surface area contributed by atoms with Crippen LogP contribution < -0.4 is 5.32 Å². The van der Waals surface area contributed by atoms with Gasteiger partial charge in [0.2, 0.25) is 10.0 Å². The molecule has 1 aliphatic heterocycles. The molecule has 0 spiro atoms. The third-order valence-electron chi connectivity index (χ3n) is 3.28. The molecule has 118 valence electrons. The Balaban J connectivity index is 2.39. The van der Waals surface area contributed by atoms with Crippen molar-refractivity contribution < 1.29 is 18.3 Å². The highest BCUT2D eigenvalue weighted by Gasteiger charge is 2.40. The Bertz CT molecular complexity index is 603. The van der Waals surface area contributed by atoms with Crippen LogP contribution in [0.5, 0.6) is 0 Å². The van der Waals surface area contributed by atoms with Crippen molar-refractivity contribution in [3.8, 4) is 0 Å². The Hall–Kier alpha value is -1.22. The lowest BCUT2D eigenvalue weighted by atomic mass is 10.1. The van der Waals surface area contributed by atoms with Gasteiger partial charge in [0.25, 0.3) is 0 Å². The number of aliphatic hydroxyl groups excluding tert-OH is 1. The zero-order chi connectivity index (χ0) is 15.7. The molecule has 2 heterocycles. The Morgan fingerprint density at radius 1 is 1.57 bits per heavy atom. The lowest BCUT2D eigenvalue weighted by Crippen LogP contribution is -2.55. The van der Waals surface area contributed by atoms with Gasteiger partial charge in [-0.25, -0.2) is 13.4 Å². The van der Waals surface area contributed by atoms with Gasteiger partial charge in [-0.05, 0) is 26.0 Å². The number of hydrogen-bond donors (Lipinski definition) is 2. The summed E-state index contributed by atoms with van der Waals surface area (Å²) in [5.41, 5.74) is -0.652. The van der Waals surface area contributed by atoms with Gasteiger partial charge in [-0.3, -0.25) is 0 Å². The molecule has 0 aromatic carbocycles. The topological polar surface area (TPSA) is 91.8 Å². The van der Waals surface area contributed by atoms with E-state index in [-0.39, 0.29) is 24.6 Å². The number of pyridine rings is 1. The molecule has 8 heteroatoms. The number of anilines is 1. The van der Waals surface area contributed by atoms with E-state index < -0.39 is 21.7 Å². The smallest absolute Gasteiger partial charge is 0.246 e. The van der Waals surface area contributed by atoms with Crippen LogP contribution >= 0.6 is 0 Å². The number of rotatable bonds is 4. The molecule has 21 heavy (non-hydrogen) atoms. The molecule has 2 rings (SSSR count). The molecule has 1 unspecified atom stereocenters. The summed E-state index contributed by atoms with van der Waals surface area (Å²) < 4.78 is 32.6. The average molecular weight is 315 g/mol. The molecule has 1 aliphatic rings. The minimum atomic E-state index is -3.70. The zero-order valence-corrected chi connectivity index (χ0v) is 13.2. The highest BCUT2D eigenvalue weighted by Crippen LogP contribution is 2.28. The lowest BCUT2D eigenvalue weighted by Gasteiger charge is -2.41. The SMILES string of the molecule is CNc1ncccc1S(=O)(=O)N1CC(CO)OC(C)(C)C1. The highest BCUT2D eigenvalue weighted by molar-refractivity contribution is 7.89. The first-order valence-corrected chi connectivity index (χ1v) is 8.16. The Labute approximate surface area is 125 Å². The summed E-state index contributed by atoms with van der Waals surface area (Å²) >= 11 is 0. The van der Waals surface area contributed by atoms with Gasteiger partial charge < -0.3 is 15.2 Å². The van der Waals surface area contributed by atoms with Gasteiger partial charge in [0.15, 0.2) is 0 Å². The maximum absolute atomic E-state index is 12.8. The molecule has 7 nitrogen and oxygen atoms in total. The standard InChI is InChI=1S/C13H21N3O4S/c1-13(2)9-16(7-10(8-17)20-13)21(18,19)11-5-4-6-15-12(11)14-3/h4-6,10,17H,7-9H2,1-3H3,(H,14,15). The molecule has 2 N–H and O–H groups in total. The van der Waals surface area contributed by atoms with Gasteiger partial charge >= 0.3 is 0 Å². The van der Waals surface area contributed by atoms with Crippen molar-refractivity contribution in [2.75, 3.05) is 32.1 Å². The molecular weight excluding hydrogens is 294 g/mol. The summed E-state index contributed by atoms with van der Waals surface area (Å²) in [4.78, 5) is 4.16. The van der Waals surface area contributed by atoms with Gasteiger partial charge in [-0.1, -0.05) is 0 Å². The fourth-order valence-electron chi connectivity index (χ4n) is 2.45. The largest absolute Gasteiger partial charge is 0.394 e. The number of aromatic nitrogens is 1. The van der Waals surface area contributed by atoms with Crippen LogP contribution in [0.15, 0.2) is 23.2 Å². The van der Waals surface area contributed by atoms with E-state index in [1.807, 2.05) is 0 Å². The van der Waals surface area contributed by atoms with Crippen molar-refractivity contribution in [2.45, 2.75) is 30.4 Å². The van der Waals surface area contributed by atoms with E-state index >= 15 is 0 Å². The Morgan fingerprint density at radius 3 is 2.90 bits per heavy atom. The van der Waals surface area contributed by atoms with E-state index in [4.69, 9.17) is 4.74 Å². The van der Waals surface area contributed by atoms with Gasteiger partial charge in [-0.2, -0.15) is 4.31 Å². The number of sulfonamides is 1. The van der Waals surface area contributed by atoms with E-state index in [1.54, 1.807) is 27.0 Å². The summed E-state index contributed by atoms with van der Waals surface area (Å²) in [6.07, 6.45) is 1.00. The number of morpholine rings is 1. The normalized spacial score (nSPS) is 23.0. The first-order chi connectivity index (χ1) is 9.80. The molecule has 1 atom stereocenters. The van der Waals surface area contributed by atoms with Crippen molar-refractivity contribution in [1.82, 2.24) is 9.29 Å². The molecule has 0 radical (unpaired) electrons. The van der Waals surface area contributed by atoms with E-state index in [2.05, 4.69) is 10.3 Å². The second-order valence-corrected chi connectivity index (χ2v) is 7.49. The fraction of sp³-hybridized carbons (Fsp3) is 0.615. The summed E-state index contributed by atoms with van der Waals surface area (Å²) in [5, 5.41) is 12.1. The first kappa shape index (κ1) is 16.2. The number of hydrogen-bond acceptors (Lipinski definition) is 6. The molecule has 1 saturated heterocycles.